The number of methoxy groups -OCH3 is 1. The summed E-state index contributed by atoms with van der Waals surface area (Å²) in [4.78, 5) is 11.8. The summed E-state index contributed by atoms with van der Waals surface area (Å²) in [6.45, 7) is 0.569. The number of rotatable bonds is 5. The van der Waals surface area contributed by atoms with Gasteiger partial charge in [0.15, 0.2) is 5.82 Å². The van der Waals surface area contributed by atoms with Gasteiger partial charge in [-0.15, -0.1) is 0 Å². The van der Waals surface area contributed by atoms with Crippen LogP contribution < -0.4 is 5.73 Å². The van der Waals surface area contributed by atoms with Gasteiger partial charge in [-0.25, -0.2) is 4.98 Å². The average molecular weight is 263 g/mol. The van der Waals surface area contributed by atoms with E-state index in [4.69, 9.17) is 15.0 Å². The van der Waals surface area contributed by atoms with Crippen LogP contribution in [0, 0.1) is 0 Å². The lowest BCUT2D eigenvalue weighted by Gasteiger charge is -2.35. The van der Waals surface area contributed by atoms with Gasteiger partial charge in [-0.1, -0.05) is 5.16 Å². The molecule has 7 heteroatoms. The van der Waals surface area contributed by atoms with Gasteiger partial charge in [-0.3, -0.25) is 0 Å². The quantitative estimate of drug-likeness (QED) is 0.833. The number of hydrogen-bond donors (Lipinski definition) is 2. The van der Waals surface area contributed by atoms with Crippen LogP contribution in [0.3, 0.4) is 0 Å². The predicted molar refractivity (Wildman–Crippen MR) is 67.2 cm³/mol. The Morgan fingerprint density at radius 1 is 1.53 bits per heavy atom. The van der Waals surface area contributed by atoms with E-state index in [2.05, 4.69) is 20.1 Å². The molecule has 0 atom stereocenters. The number of aromatic nitrogens is 4. The van der Waals surface area contributed by atoms with Crippen molar-refractivity contribution >= 4 is 0 Å². The zero-order valence-corrected chi connectivity index (χ0v) is 10.8. The van der Waals surface area contributed by atoms with Crippen LogP contribution in [-0.2, 0) is 16.7 Å². The summed E-state index contributed by atoms with van der Waals surface area (Å²) in [5, 5.41) is 3.89. The summed E-state index contributed by atoms with van der Waals surface area (Å²) in [5.74, 6) is 1.86. The van der Waals surface area contributed by atoms with Gasteiger partial charge in [0.1, 0.15) is 11.5 Å². The summed E-state index contributed by atoms with van der Waals surface area (Å²) in [6.07, 6.45) is 5.39. The van der Waals surface area contributed by atoms with Gasteiger partial charge in [-0.05, 0) is 19.3 Å². The highest BCUT2D eigenvalue weighted by Crippen LogP contribution is 2.37. The van der Waals surface area contributed by atoms with E-state index in [1.165, 1.54) is 0 Å². The van der Waals surface area contributed by atoms with E-state index >= 15 is 0 Å². The summed E-state index contributed by atoms with van der Waals surface area (Å²) in [6, 6.07) is 0. The molecule has 3 N–H and O–H groups in total. The summed E-state index contributed by atoms with van der Waals surface area (Å²) >= 11 is 0. The van der Waals surface area contributed by atoms with Gasteiger partial charge in [-0.2, -0.15) is 4.98 Å². The molecule has 0 aromatic carbocycles. The van der Waals surface area contributed by atoms with Crippen molar-refractivity contribution in [2.75, 3.05) is 13.7 Å². The first kappa shape index (κ1) is 12.3. The smallest absolute Gasteiger partial charge is 0.275 e. The second kappa shape index (κ2) is 4.75. The maximum Gasteiger partial charge on any atom is 0.275 e. The van der Waals surface area contributed by atoms with Crippen molar-refractivity contribution < 1.29 is 9.26 Å². The third-order valence-electron chi connectivity index (χ3n) is 3.52. The molecule has 2 heterocycles. The van der Waals surface area contributed by atoms with Crippen molar-refractivity contribution in [2.24, 2.45) is 5.73 Å². The summed E-state index contributed by atoms with van der Waals surface area (Å²) in [7, 11) is 1.64. The monoisotopic (exact) mass is 263 g/mol. The Labute approximate surface area is 110 Å². The van der Waals surface area contributed by atoms with Crippen molar-refractivity contribution in [1.82, 2.24) is 20.1 Å². The number of nitrogens with one attached hydrogen (secondary N) is 1. The molecule has 0 spiro atoms. The number of ether oxygens (including phenoxy) is 1. The Hall–Kier alpha value is -1.73. The van der Waals surface area contributed by atoms with Crippen LogP contribution >= 0.6 is 0 Å². The van der Waals surface area contributed by atoms with Crippen molar-refractivity contribution in [3.63, 3.8) is 0 Å². The van der Waals surface area contributed by atoms with E-state index in [0.29, 0.717) is 30.4 Å². The minimum absolute atomic E-state index is 0.308. The minimum atomic E-state index is -0.308. The maximum absolute atomic E-state index is 6.21. The molecule has 1 aliphatic rings. The van der Waals surface area contributed by atoms with E-state index in [9.17, 15) is 0 Å². The molecule has 0 bridgehead atoms. The Kier molecular flexibility index (Phi) is 3.08. The van der Waals surface area contributed by atoms with Crippen LogP contribution in [0.25, 0.3) is 11.6 Å². The molecule has 3 rings (SSSR count). The van der Waals surface area contributed by atoms with E-state index < -0.39 is 0 Å². The van der Waals surface area contributed by atoms with Gasteiger partial charge in [0.2, 0.25) is 0 Å². The highest BCUT2D eigenvalue weighted by Gasteiger charge is 2.37. The summed E-state index contributed by atoms with van der Waals surface area (Å²) < 4.78 is 10.2. The lowest BCUT2D eigenvalue weighted by atomic mass is 9.77. The fourth-order valence-corrected chi connectivity index (χ4v) is 2.14. The van der Waals surface area contributed by atoms with Crippen LogP contribution in [0.4, 0.5) is 0 Å². The highest BCUT2D eigenvalue weighted by atomic mass is 16.5. The van der Waals surface area contributed by atoms with Gasteiger partial charge in [0, 0.05) is 13.5 Å². The van der Waals surface area contributed by atoms with Gasteiger partial charge < -0.3 is 20.0 Å². The molecule has 0 amide bonds. The second-order valence-electron chi connectivity index (χ2n) is 4.91. The van der Waals surface area contributed by atoms with E-state index in [-0.39, 0.29) is 5.54 Å². The first-order valence-electron chi connectivity index (χ1n) is 6.37. The zero-order chi connectivity index (χ0) is 13.3. The first-order valence-corrected chi connectivity index (χ1v) is 6.37. The topological polar surface area (TPSA) is 103 Å². The second-order valence-corrected chi connectivity index (χ2v) is 4.91. The fraction of sp³-hybridized carbons (Fsp3) is 0.583. The SMILES string of the molecule is COCCc1noc(-c2cnc(C3(N)CCC3)[nH]2)n1. The zero-order valence-electron chi connectivity index (χ0n) is 10.8. The number of H-pyrrole nitrogens is 1. The molecule has 102 valence electrons. The van der Waals surface area contributed by atoms with Crippen molar-refractivity contribution in [2.45, 2.75) is 31.2 Å². The Morgan fingerprint density at radius 2 is 2.37 bits per heavy atom. The maximum atomic E-state index is 6.21. The number of hydrogen-bond acceptors (Lipinski definition) is 6. The normalized spacial score (nSPS) is 17.4. The molecule has 2 aromatic heterocycles. The molecule has 0 radical (unpaired) electrons. The van der Waals surface area contributed by atoms with Crippen LogP contribution in [0.1, 0.15) is 30.9 Å². The van der Waals surface area contributed by atoms with Gasteiger partial charge in [0.25, 0.3) is 5.89 Å². The van der Waals surface area contributed by atoms with Gasteiger partial charge in [0.05, 0.1) is 18.3 Å². The molecule has 0 unspecified atom stereocenters. The number of imidazole rings is 1. The fourth-order valence-electron chi connectivity index (χ4n) is 2.14. The van der Waals surface area contributed by atoms with Crippen LogP contribution in [0.15, 0.2) is 10.7 Å². The Balaban J connectivity index is 1.77. The molecule has 1 aliphatic carbocycles. The Bertz CT molecular complexity index is 558. The van der Waals surface area contributed by atoms with E-state index in [1.54, 1.807) is 13.3 Å². The molecule has 1 saturated carbocycles. The van der Waals surface area contributed by atoms with Crippen molar-refractivity contribution in [3.05, 3.63) is 17.8 Å². The number of aromatic amines is 1. The lowest BCUT2D eigenvalue weighted by Crippen LogP contribution is -2.44. The van der Waals surface area contributed by atoms with Crippen molar-refractivity contribution in [1.29, 1.82) is 0 Å². The van der Waals surface area contributed by atoms with Crippen LogP contribution in [-0.4, -0.2) is 33.8 Å². The molecule has 1 fully saturated rings. The number of nitrogens with zero attached hydrogens (tertiary/aromatic N) is 3. The first-order chi connectivity index (χ1) is 9.21. The van der Waals surface area contributed by atoms with E-state index in [0.717, 1.165) is 25.1 Å². The average Bonchev–Trinajstić information content (AvgIpc) is 3.02. The predicted octanol–water partition coefficient (Wildman–Crippen LogP) is 0.986. The van der Waals surface area contributed by atoms with Crippen LogP contribution in [0.5, 0.6) is 0 Å². The molecule has 2 aromatic rings. The van der Waals surface area contributed by atoms with Crippen molar-refractivity contribution in [3.8, 4) is 11.6 Å². The molecule has 0 aliphatic heterocycles. The highest BCUT2D eigenvalue weighted by molar-refractivity contribution is 5.45. The third-order valence-corrected chi connectivity index (χ3v) is 3.52. The molecular formula is C12H17N5O2. The molecule has 19 heavy (non-hydrogen) atoms. The summed E-state index contributed by atoms with van der Waals surface area (Å²) in [5.41, 5.74) is 6.61. The minimum Gasteiger partial charge on any atom is -0.384 e. The molecule has 0 saturated heterocycles. The largest absolute Gasteiger partial charge is 0.384 e. The van der Waals surface area contributed by atoms with Gasteiger partial charge >= 0.3 is 0 Å². The molecular weight excluding hydrogens is 246 g/mol. The van der Waals surface area contributed by atoms with E-state index in [1.807, 2.05) is 0 Å². The third kappa shape index (κ3) is 2.26. The standard InChI is InChI=1S/C12H17N5O2/c1-18-6-3-9-16-10(19-17-9)8-7-14-11(15-8)12(13)4-2-5-12/h7H,2-6,13H2,1H3,(H,14,15). The molecule has 7 nitrogen and oxygen atoms in total. The number of nitrogens with two attached hydrogens (primary N) is 1. The van der Waals surface area contributed by atoms with Crippen LogP contribution in [0.2, 0.25) is 0 Å². The lowest BCUT2D eigenvalue weighted by molar-refractivity contribution is 0.199. The Morgan fingerprint density at radius 3 is 3.05 bits per heavy atom.